The number of hydrogen-bond acceptors (Lipinski definition) is 5. The van der Waals surface area contributed by atoms with E-state index in [9.17, 15) is 18.0 Å². The van der Waals surface area contributed by atoms with Crippen LogP contribution in [0.25, 0.3) is 0 Å². The van der Waals surface area contributed by atoms with Crippen molar-refractivity contribution in [3.63, 3.8) is 0 Å². The van der Waals surface area contributed by atoms with Gasteiger partial charge in [-0.2, -0.15) is 0 Å². The first-order valence-electron chi connectivity index (χ1n) is 13.5. The topological polar surface area (TPSA) is 96.0 Å². The van der Waals surface area contributed by atoms with Gasteiger partial charge in [-0.05, 0) is 63.1 Å². The number of benzene rings is 3. The summed E-state index contributed by atoms with van der Waals surface area (Å²) in [6.07, 6.45) is 1.21. The summed E-state index contributed by atoms with van der Waals surface area (Å²) in [7, 11) is -3.95. The van der Waals surface area contributed by atoms with Crippen LogP contribution in [0.2, 0.25) is 10.0 Å². The van der Waals surface area contributed by atoms with Crippen LogP contribution in [0.4, 0.5) is 5.69 Å². The van der Waals surface area contributed by atoms with Crippen molar-refractivity contribution in [1.29, 1.82) is 0 Å². The molecule has 0 fully saturated rings. The molecular formula is C31H37Cl2N3O5S. The van der Waals surface area contributed by atoms with E-state index in [2.05, 4.69) is 5.32 Å². The van der Waals surface area contributed by atoms with E-state index in [1.807, 2.05) is 51.1 Å². The second-order valence-corrected chi connectivity index (χ2v) is 13.6. The minimum atomic E-state index is -3.95. The predicted octanol–water partition coefficient (Wildman–Crippen LogP) is 5.71. The Labute approximate surface area is 258 Å². The molecule has 0 spiro atoms. The largest absolute Gasteiger partial charge is 0.492 e. The summed E-state index contributed by atoms with van der Waals surface area (Å²) in [5, 5.41) is 3.72. The Morgan fingerprint density at radius 3 is 2.21 bits per heavy atom. The molecule has 1 atom stereocenters. The zero-order chi connectivity index (χ0) is 31.1. The molecular weight excluding hydrogens is 597 g/mol. The van der Waals surface area contributed by atoms with E-state index in [1.165, 1.54) is 4.90 Å². The molecule has 0 radical (unpaired) electrons. The maximum absolute atomic E-state index is 14.3. The van der Waals surface area contributed by atoms with Gasteiger partial charge in [0.15, 0.2) is 0 Å². The average Bonchev–Trinajstić information content (AvgIpc) is 2.90. The maximum Gasteiger partial charge on any atom is 0.244 e. The van der Waals surface area contributed by atoms with Crippen LogP contribution < -0.4 is 14.4 Å². The van der Waals surface area contributed by atoms with Crippen LogP contribution in [0.15, 0.2) is 72.8 Å². The number of anilines is 1. The van der Waals surface area contributed by atoms with Gasteiger partial charge in [0.1, 0.15) is 18.3 Å². The van der Waals surface area contributed by atoms with Crippen molar-refractivity contribution in [1.82, 2.24) is 10.2 Å². The minimum Gasteiger partial charge on any atom is -0.492 e. The van der Waals surface area contributed by atoms with Crippen molar-refractivity contribution < 1.29 is 22.7 Å². The van der Waals surface area contributed by atoms with Gasteiger partial charge >= 0.3 is 0 Å². The first-order chi connectivity index (χ1) is 19.7. The summed E-state index contributed by atoms with van der Waals surface area (Å²) >= 11 is 12.6. The van der Waals surface area contributed by atoms with Gasteiger partial charge in [-0.1, -0.05) is 71.7 Å². The van der Waals surface area contributed by atoms with Gasteiger partial charge in [-0.15, -0.1) is 0 Å². The van der Waals surface area contributed by atoms with Crippen molar-refractivity contribution in [2.75, 3.05) is 23.7 Å². The van der Waals surface area contributed by atoms with Gasteiger partial charge < -0.3 is 15.0 Å². The molecule has 0 aliphatic rings. The van der Waals surface area contributed by atoms with E-state index >= 15 is 0 Å². The SMILES string of the molecule is CCOc1ccccc1N(CC(=O)N(Cc1ccc(Cl)cc1Cl)C(Cc1ccccc1)C(=O)NC(C)(C)C)S(C)(=O)=O. The molecule has 2 amide bonds. The quantitative estimate of drug-likeness (QED) is 0.275. The molecule has 1 unspecified atom stereocenters. The third-order valence-electron chi connectivity index (χ3n) is 6.24. The molecule has 3 rings (SSSR count). The minimum absolute atomic E-state index is 0.0609. The van der Waals surface area contributed by atoms with Gasteiger partial charge in [0, 0.05) is 28.5 Å². The van der Waals surface area contributed by atoms with E-state index in [0.29, 0.717) is 28.0 Å². The number of carbonyl (C=O) groups excluding carboxylic acids is 2. The van der Waals surface area contributed by atoms with E-state index in [0.717, 1.165) is 16.1 Å². The molecule has 3 aromatic rings. The smallest absolute Gasteiger partial charge is 0.244 e. The highest BCUT2D eigenvalue weighted by Crippen LogP contribution is 2.31. The molecule has 0 saturated heterocycles. The molecule has 0 aromatic heterocycles. The van der Waals surface area contributed by atoms with Gasteiger partial charge in [-0.25, -0.2) is 8.42 Å². The molecule has 11 heteroatoms. The monoisotopic (exact) mass is 633 g/mol. The molecule has 226 valence electrons. The Morgan fingerprint density at radius 1 is 0.976 bits per heavy atom. The van der Waals surface area contributed by atoms with Crippen LogP contribution >= 0.6 is 23.2 Å². The Balaban J connectivity index is 2.13. The molecule has 3 aromatic carbocycles. The fourth-order valence-electron chi connectivity index (χ4n) is 4.38. The number of para-hydroxylation sites is 2. The van der Waals surface area contributed by atoms with E-state index in [4.69, 9.17) is 27.9 Å². The Hall–Kier alpha value is -3.27. The van der Waals surface area contributed by atoms with Crippen LogP contribution in [0, 0.1) is 0 Å². The number of amides is 2. The van der Waals surface area contributed by atoms with Gasteiger partial charge in [0.05, 0.1) is 18.6 Å². The number of nitrogens with zero attached hydrogens (tertiary/aromatic N) is 2. The van der Waals surface area contributed by atoms with Crippen LogP contribution in [0.1, 0.15) is 38.8 Å². The average molecular weight is 635 g/mol. The third kappa shape index (κ3) is 9.37. The second-order valence-electron chi connectivity index (χ2n) is 10.9. The summed E-state index contributed by atoms with van der Waals surface area (Å²) in [5.41, 5.74) is 1.01. The fourth-order valence-corrected chi connectivity index (χ4v) is 5.70. The highest BCUT2D eigenvalue weighted by molar-refractivity contribution is 7.92. The predicted molar refractivity (Wildman–Crippen MR) is 169 cm³/mol. The lowest BCUT2D eigenvalue weighted by molar-refractivity contribution is -0.140. The number of sulfonamides is 1. The van der Waals surface area contributed by atoms with Crippen LogP contribution in [0.3, 0.4) is 0 Å². The summed E-state index contributed by atoms with van der Waals surface area (Å²) in [6, 6.07) is 19.8. The lowest BCUT2D eigenvalue weighted by Crippen LogP contribution is -2.56. The molecule has 0 heterocycles. The molecule has 0 aliphatic heterocycles. The van der Waals surface area contributed by atoms with Crippen LogP contribution in [-0.2, 0) is 32.6 Å². The van der Waals surface area contributed by atoms with Gasteiger partial charge in [0.25, 0.3) is 0 Å². The Bertz CT molecular complexity index is 1490. The van der Waals surface area contributed by atoms with Crippen LogP contribution in [0.5, 0.6) is 5.75 Å². The number of halogens is 2. The summed E-state index contributed by atoms with van der Waals surface area (Å²) < 4.78 is 32.8. The van der Waals surface area contributed by atoms with Crippen molar-refractivity contribution in [2.45, 2.75) is 52.2 Å². The lowest BCUT2D eigenvalue weighted by Gasteiger charge is -2.35. The Morgan fingerprint density at radius 2 is 1.62 bits per heavy atom. The zero-order valence-corrected chi connectivity index (χ0v) is 26.8. The summed E-state index contributed by atoms with van der Waals surface area (Å²) in [6.45, 7) is 7.01. The molecule has 0 saturated carbocycles. The van der Waals surface area contributed by atoms with E-state index < -0.39 is 34.1 Å². The van der Waals surface area contributed by atoms with Gasteiger partial charge in [-0.3, -0.25) is 13.9 Å². The zero-order valence-electron chi connectivity index (χ0n) is 24.4. The number of hydrogen-bond donors (Lipinski definition) is 1. The van der Waals surface area contributed by atoms with E-state index in [-0.39, 0.29) is 24.6 Å². The Kier molecular flexibility index (Phi) is 11.3. The normalized spacial score (nSPS) is 12.4. The standard InChI is InChI=1S/C31H37Cl2N3O5S/c1-6-41-28-15-11-10-14-26(28)36(42(5,39)40)21-29(37)35(20-23-16-17-24(32)19-25(23)33)27(30(38)34-31(2,3)4)18-22-12-8-7-9-13-22/h7-17,19,27H,6,18,20-21H2,1-5H3,(H,34,38). The molecule has 8 nitrogen and oxygen atoms in total. The maximum atomic E-state index is 14.3. The van der Waals surface area contributed by atoms with Crippen molar-refractivity contribution in [2.24, 2.45) is 0 Å². The van der Waals surface area contributed by atoms with E-state index in [1.54, 1.807) is 49.4 Å². The van der Waals surface area contributed by atoms with Crippen molar-refractivity contribution in [3.8, 4) is 5.75 Å². The summed E-state index contributed by atoms with van der Waals surface area (Å²) in [5.74, 6) is -0.662. The summed E-state index contributed by atoms with van der Waals surface area (Å²) in [4.78, 5) is 29.5. The van der Waals surface area contributed by atoms with Crippen molar-refractivity contribution in [3.05, 3.63) is 94.0 Å². The second kappa shape index (κ2) is 14.3. The third-order valence-corrected chi connectivity index (χ3v) is 7.95. The fraction of sp³-hybridized carbons (Fsp3) is 0.355. The highest BCUT2D eigenvalue weighted by atomic mass is 35.5. The first kappa shape index (κ1) is 33.2. The number of carbonyl (C=O) groups is 2. The van der Waals surface area contributed by atoms with Crippen molar-refractivity contribution >= 4 is 50.7 Å². The highest BCUT2D eigenvalue weighted by Gasteiger charge is 2.35. The number of nitrogens with one attached hydrogen (secondary N) is 1. The number of rotatable bonds is 12. The molecule has 42 heavy (non-hydrogen) atoms. The first-order valence-corrected chi connectivity index (χ1v) is 16.1. The van der Waals surface area contributed by atoms with Crippen LogP contribution in [-0.4, -0.2) is 56.1 Å². The lowest BCUT2D eigenvalue weighted by atomic mass is 10.0. The number of ether oxygens (including phenoxy) is 1. The molecule has 0 bridgehead atoms. The van der Waals surface area contributed by atoms with Gasteiger partial charge in [0.2, 0.25) is 21.8 Å². The molecule has 1 N–H and O–H groups in total. The molecule has 0 aliphatic carbocycles.